The molecule has 0 saturated carbocycles. The highest BCUT2D eigenvalue weighted by molar-refractivity contribution is 9.10. The van der Waals surface area contributed by atoms with E-state index in [0.717, 1.165) is 4.47 Å². The molecule has 2 rings (SSSR count). The lowest BCUT2D eigenvalue weighted by Crippen LogP contribution is -2.12. The molecule has 2 N–H and O–H groups in total. The molecule has 0 amide bonds. The lowest BCUT2D eigenvalue weighted by Gasteiger charge is -2.11. The predicted molar refractivity (Wildman–Crippen MR) is 84.5 cm³/mol. The second-order valence-electron chi connectivity index (χ2n) is 4.23. The molecule has 6 nitrogen and oxygen atoms in total. The Kier molecular flexibility index (Phi) is 5.13. The molecule has 0 unspecified atom stereocenters. The maximum Gasteiger partial charge on any atom is 0.323 e. The third-order valence-corrected chi connectivity index (χ3v) is 4.20. The van der Waals surface area contributed by atoms with E-state index in [0.29, 0.717) is 24.5 Å². The number of ether oxygens (including phenoxy) is 1. The summed E-state index contributed by atoms with van der Waals surface area (Å²) in [7, 11) is 1.76. The van der Waals surface area contributed by atoms with E-state index in [1.807, 2.05) is 25.3 Å². The first-order valence-corrected chi connectivity index (χ1v) is 7.82. The fourth-order valence-corrected chi connectivity index (χ4v) is 2.85. The molecule has 0 fully saturated rings. The summed E-state index contributed by atoms with van der Waals surface area (Å²) in [5.74, 6) is 0.962. The SMILES string of the molecule is CNc1nc(NCc2sccc2Br)nc(OC(C)C)n1. The molecule has 0 aliphatic rings. The van der Waals surface area contributed by atoms with Crippen LogP contribution in [0.15, 0.2) is 15.9 Å². The van der Waals surface area contributed by atoms with E-state index >= 15 is 0 Å². The molecule has 0 radical (unpaired) electrons. The highest BCUT2D eigenvalue weighted by atomic mass is 79.9. The highest BCUT2D eigenvalue weighted by Crippen LogP contribution is 2.23. The summed E-state index contributed by atoms with van der Waals surface area (Å²) in [5.41, 5.74) is 0. The minimum Gasteiger partial charge on any atom is -0.461 e. The van der Waals surface area contributed by atoms with Crippen molar-refractivity contribution in [2.45, 2.75) is 26.5 Å². The van der Waals surface area contributed by atoms with Gasteiger partial charge in [0.2, 0.25) is 11.9 Å². The number of aromatic nitrogens is 3. The Morgan fingerprint density at radius 3 is 2.65 bits per heavy atom. The number of thiophene rings is 1. The monoisotopic (exact) mass is 357 g/mol. The molecule has 108 valence electrons. The highest BCUT2D eigenvalue weighted by Gasteiger charge is 2.09. The molecule has 0 aliphatic carbocycles. The molecule has 0 saturated heterocycles. The zero-order chi connectivity index (χ0) is 14.5. The predicted octanol–water partition coefficient (Wildman–Crippen LogP) is 3.14. The molecule has 2 heterocycles. The van der Waals surface area contributed by atoms with Crippen LogP contribution in [-0.4, -0.2) is 28.1 Å². The quantitative estimate of drug-likeness (QED) is 0.827. The minimum absolute atomic E-state index is 0.0152. The second kappa shape index (κ2) is 6.85. The van der Waals surface area contributed by atoms with Crippen LogP contribution in [0.4, 0.5) is 11.9 Å². The number of nitrogens with one attached hydrogen (secondary N) is 2. The molecule has 0 bridgehead atoms. The molecule has 0 atom stereocenters. The molecular formula is C12H16BrN5OS. The first-order chi connectivity index (χ1) is 9.58. The van der Waals surface area contributed by atoms with Crippen LogP contribution in [0.3, 0.4) is 0 Å². The molecule has 0 aromatic carbocycles. The Labute approximate surface area is 130 Å². The Morgan fingerprint density at radius 2 is 2.05 bits per heavy atom. The van der Waals surface area contributed by atoms with Gasteiger partial charge in [-0.1, -0.05) is 0 Å². The van der Waals surface area contributed by atoms with Gasteiger partial charge in [-0.15, -0.1) is 11.3 Å². The molecule has 8 heteroatoms. The number of hydrogen-bond donors (Lipinski definition) is 2. The Hall–Kier alpha value is -1.41. The summed E-state index contributed by atoms with van der Waals surface area (Å²) in [6, 6.07) is 2.33. The molecule has 0 spiro atoms. The summed E-state index contributed by atoms with van der Waals surface area (Å²) in [5, 5.41) is 8.10. The van der Waals surface area contributed by atoms with E-state index in [2.05, 4.69) is 41.5 Å². The van der Waals surface area contributed by atoms with Crippen LogP contribution in [0.1, 0.15) is 18.7 Å². The lowest BCUT2D eigenvalue weighted by molar-refractivity contribution is 0.222. The zero-order valence-electron chi connectivity index (χ0n) is 11.5. The third-order valence-electron chi connectivity index (χ3n) is 2.28. The zero-order valence-corrected chi connectivity index (χ0v) is 13.9. The topological polar surface area (TPSA) is 72.0 Å². The maximum atomic E-state index is 5.51. The van der Waals surface area contributed by atoms with Crippen molar-refractivity contribution in [2.75, 3.05) is 17.7 Å². The smallest absolute Gasteiger partial charge is 0.323 e. The summed E-state index contributed by atoms with van der Waals surface area (Å²) in [6.07, 6.45) is 0.0152. The van der Waals surface area contributed by atoms with E-state index in [-0.39, 0.29) is 6.10 Å². The van der Waals surface area contributed by atoms with Gasteiger partial charge in [-0.3, -0.25) is 0 Å². The van der Waals surface area contributed by atoms with Crippen molar-refractivity contribution < 1.29 is 4.74 Å². The van der Waals surface area contributed by atoms with Crippen molar-refractivity contribution in [3.63, 3.8) is 0 Å². The second-order valence-corrected chi connectivity index (χ2v) is 6.08. The first-order valence-electron chi connectivity index (χ1n) is 6.14. The van der Waals surface area contributed by atoms with Gasteiger partial charge < -0.3 is 15.4 Å². The summed E-state index contributed by atoms with van der Waals surface area (Å²) in [6.45, 7) is 4.50. The summed E-state index contributed by atoms with van der Waals surface area (Å²) in [4.78, 5) is 13.8. The Morgan fingerprint density at radius 1 is 1.30 bits per heavy atom. The van der Waals surface area contributed by atoms with E-state index < -0.39 is 0 Å². The van der Waals surface area contributed by atoms with Gasteiger partial charge in [-0.05, 0) is 41.2 Å². The van der Waals surface area contributed by atoms with Crippen LogP contribution >= 0.6 is 27.3 Å². The van der Waals surface area contributed by atoms with Crippen LogP contribution < -0.4 is 15.4 Å². The standard InChI is InChI=1S/C12H16BrN5OS/c1-7(2)19-12-17-10(14-3)16-11(18-12)15-6-9-8(13)4-5-20-9/h4-5,7H,6H2,1-3H3,(H2,14,15,16,17,18). The molecule has 2 aromatic rings. The van der Waals surface area contributed by atoms with Crippen LogP contribution in [0, 0.1) is 0 Å². The van der Waals surface area contributed by atoms with Crippen molar-refractivity contribution in [1.29, 1.82) is 0 Å². The van der Waals surface area contributed by atoms with Gasteiger partial charge in [-0.2, -0.15) is 15.0 Å². The minimum atomic E-state index is 0.0152. The van der Waals surface area contributed by atoms with Gasteiger partial charge in [0.1, 0.15) is 0 Å². The lowest BCUT2D eigenvalue weighted by atomic mass is 10.5. The summed E-state index contributed by atoms with van der Waals surface area (Å²) < 4.78 is 6.59. The molecule has 2 aromatic heterocycles. The number of hydrogen-bond acceptors (Lipinski definition) is 7. The number of rotatable bonds is 6. The number of anilines is 2. The molecule has 0 aliphatic heterocycles. The first kappa shape index (κ1) is 15.0. The van der Waals surface area contributed by atoms with Gasteiger partial charge in [0.05, 0.1) is 12.6 Å². The average Bonchev–Trinajstić information content (AvgIpc) is 2.81. The van der Waals surface area contributed by atoms with Gasteiger partial charge in [0.15, 0.2) is 0 Å². The fraction of sp³-hybridized carbons (Fsp3) is 0.417. The van der Waals surface area contributed by atoms with E-state index in [9.17, 15) is 0 Å². The van der Waals surface area contributed by atoms with Gasteiger partial charge in [0.25, 0.3) is 0 Å². The number of halogens is 1. The normalized spacial score (nSPS) is 10.7. The molecule has 20 heavy (non-hydrogen) atoms. The van der Waals surface area contributed by atoms with Crippen molar-refractivity contribution in [2.24, 2.45) is 0 Å². The van der Waals surface area contributed by atoms with Crippen LogP contribution in [0.25, 0.3) is 0 Å². The van der Waals surface area contributed by atoms with Gasteiger partial charge in [0, 0.05) is 16.4 Å². The Balaban J connectivity index is 2.12. The summed E-state index contributed by atoms with van der Waals surface area (Å²) >= 11 is 5.16. The van der Waals surface area contributed by atoms with Crippen LogP contribution in [0.5, 0.6) is 6.01 Å². The van der Waals surface area contributed by atoms with Gasteiger partial charge in [-0.25, -0.2) is 0 Å². The Bertz CT molecular complexity index is 575. The average molecular weight is 358 g/mol. The van der Waals surface area contributed by atoms with Gasteiger partial charge >= 0.3 is 6.01 Å². The third kappa shape index (κ3) is 4.04. The van der Waals surface area contributed by atoms with Crippen molar-refractivity contribution in [1.82, 2.24) is 15.0 Å². The van der Waals surface area contributed by atoms with Crippen molar-refractivity contribution in [3.05, 3.63) is 20.8 Å². The fourth-order valence-electron chi connectivity index (χ4n) is 1.42. The van der Waals surface area contributed by atoms with E-state index in [1.165, 1.54) is 4.88 Å². The van der Waals surface area contributed by atoms with Crippen molar-refractivity contribution >= 4 is 39.2 Å². The number of nitrogens with zero attached hydrogens (tertiary/aromatic N) is 3. The van der Waals surface area contributed by atoms with Crippen LogP contribution in [0.2, 0.25) is 0 Å². The molecular weight excluding hydrogens is 342 g/mol. The van der Waals surface area contributed by atoms with E-state index in [4.69, 9.17) is 4.74 Å². The maximum absolute atomic E-state index is 5.51. The largest absolute Gasteiger partial charge is 0.461 e. The van der Waals surface area contributed by atoms with Crippen LogP contribution in [-0.2, 0) is 6.54 Å². The van der Waals surface area contributed by atoms with E-state index in [1.54, 1.807) is 18.4 Å². The van der Waals surface area contributed by atoms with Crippen molar-refractivity contribution in [3.8, 4) is 6.01 Å².